The summed E-state index contributed by atoms with van der Waals surface area (Å²) in [4.78, 5) is 30.8. The van der Waals surface area contributed by atoms with Crippen LogP contribution in [-0.2, 0) is 9.59 Å². The Morgan fingerprint density at radius 3 is 2.35 bits per heavy atom. The van der Waals surface area contributed by atoms with E-state index >= 15 is 0 Å². The van der Waals surface area contributed by atoms with Gasteiger partial charge in [0.1, 0.15) is 17.4 Å². The Labute approximate surface area is 177 Å². The molecule has 5 nitrogen and oxygen atoms in total. The van der Waals surface area contributed by atoms with Gasteiger partial charge in [0, 0.05) is 24.0 Å². The van der Waals surface area contributed by atoms with Crippen LogP contribution in [0, 0.1) is 25.5 Å². The van der Waals surface area contributed by atoms with Gasteiger partial charge in [0.15, 0.2) is 0 Å². The summed E-state index contributed by atoms with van der Waals surface area (Å²) in [7, 11) is 0. The Bertz CT molecular complexity index is 1240. The average molecular weight is 420 g/mol. The van der Waals surface area contributed by atoms with Crippen molar-refractivity contribution in [1.29, 1.82) is 0 Å². The van der Waals surface area contributed by atoms with E-state index in [0.717, 1.165) is 34.2 Å². The van der Waals surface area contributed by atoms with Gasteiger partial charge in [-0.15, -0.1) is 0 Å². The van der Waals surface area contributed by atoms with Gasteiger partial charge in [-0.2, -0.15) is 0 Å². The number of amides is 1. The van der Waals surface area contributed by atoms with Crippen LogP contribution in [0.2, 0.25) is 0 Å². The lowest BCUT2D eigenvalue weighted by Gasteiger charge is -2.25. The molecule has 7 heteroatoms. The largest absolute Gasteiger partial charge is 0.507 e. The highest BCUT2D eigenvalue weighted by atomic mass is 19.1. The van der Waals surface area contributed by atoms with Crippen molar-refractivity contribution in [3.05, 3.63) is 100 Å². The van der Waals surface area contributed by atoms with Gasteiger partial charge in [-0.3, -0.25) is 19.5 Å². The normalized spacial score (nSPS) is 17.9. The van der Waals surface area contributed by atoms with Crippen LogP contribution >= 0.6 is 0 Å². The zero-order valence-corrected chi connectivity index (χ0v) is 16.8. The molecule has 1 aliphatic heterocycles. The van der Waals surface area contributed by atoms with Crippen molar-refractivity contribution in [3.63, 3.8) is 0 Å². The Morgan fingerprint density at radius 2 is 1.68 bits per heavy atom. The number of halogens is 2. The van der Waals surface area contributed by atoms with Crippen molar-refractivity contribution in [2.45, 2.75) is 19.9 Å². The van der Waals surface area contributed by atoms with Crippen molar-refractivity contribution in [3.8, 4) is 0 Å². The minimum atomic E-state index is -1.15. The van der Waals surface area contributed by atoms with Gasteiger partial charge in [-0.25, -0.2) is 8.78 Å². The topological polar surface area (TPSA) is 70.5 Å². The summed E-state index contributed by atoms with van der Waals surface area (Å²) < 4.78 is 28.5. The molecule has 1 N–H and O–H groups in total. The molecule has 1 aromatic heterocycles. The number of pyridine rings is 1. The Hall–Kier alpha value is -3.87. The molecule has 0 saturated carbocycles. The van der Waals surface area contributed by atoms with E-state index in [1.165, 1.54) is 12.4 Å². The maximum Gasteiger partial charge on any atom is 0.300 e. The number of benzene rings is 2. The number of nitrogens with zero attached hydrogens (tertiary/aromatic N) is 2. The second kappa shape index (κ2) is 7.75. The van der Waals surface area contributed by atoms with Crippen LogP contribution < -0.4 is 4.90 Å². The highest BCUT2D eigenvalue weighted by Gasteiger charge is 2.47. The highest BCUT2D eigenvalue weighted by Crippen LogP contribution is 2.43. The smallest absolute Gasteiger partial charge is 0.300 e. The van der Waals surface area contributed by atoms with Crippen molar-refractivity contribution in [1.82, 2.24) is 4.98 Å². The number of aliphatic hydroxyl groups is 1. The van der Waals surface area contributed by atoms with E-state index in [1.54, 1.807) is 30.3 Å². The summed E-state index contributed by atoms with van der Waals surface area (Å²) in [6, 6.07) is 9.73. The molecule has 1 atom stereocenters. The van der Waals surface area contributed by atoms with Crippen LogP contribution in [0.4, 0.5) is 14.5 Å². The van der Waals surface area contributed by atoms with Crippen molar-refractivity contribution < 1.29 is 23.5 Å². The molecule has 0 bridgehead atoms. The molecule has 156 valence electrons. The number of Topliss-reactive ketones (excluding diaryl/α,β-unsaturated/α-hetero) is 1. The first-order chi connectivity index (χ1) is 14.8. The summed E-state index contributed by atoms with van der Waals surface area (Å²) in [6.07, 6.45) is 2.90. The molecule has 1 fully saturated rings. The quantitative estimate of drug-likeness (QED) is 0.382. The number of carbonyl (C=O) groups excluding carboxylic acids is 2. The van der Waals surface area contributed by atoms with Gasteiger partial charge in [-0.1, -0.05) is 12.1 Å². The van der Waals surface area contributed by atoms with Crippen LogP contribution in [0.3, 0.4) is 0 Å². The summed E-state index contributed by atoms with van der Waals surface area (Å²) in [5, 5.41) is 11.0. The zero-order valence-electron chi connectivity index (χ0n) is 16.8. The lowest BCUT2D eigenvalue weighted by atomic mass is 9.94. The fourth-order valence-corrected chi connectivity index (χ4v) is 3.66. The van der Waals surface area contributed by atoms with Gasteiger partial charge < -0.3 is 5.11 Å². The van der Waals surface area contributed by atoms with Crippen LogP contribution in [0.25, 0.3) is 5.76 Å². The molecule has 1 amide bonds. The number of anilines is 1. The molecule has 0 radical (unpaired) electrons. The van der Waals surface area contributed by atoms with E-state index in [0.29, 0.717) is 11.1 Å². The number of hydrogen-bond donors (Lipinski definition) is 1. The molecule has 1 saturated heterocycles. The Balaban J connectivity index is 1.98. The summed E-state index contributed by atoms with van der Waals surface area (Å²) in [5.74, 6) is -4.06. The number of hydrogen-bond acceptors (Lipinski definition) is 4. The number of aliphatic hydroxyl groups excluding tert-OH is 1. The van der Waals surface area contributed by atoms with Crippen molar-refractivity contribution >= 4 is 23.1 Å². The minimum absolute atomic E-state index is 0.205. The maximum atomic E-state index is 14.6. The number of ketones is 1. The Kier molecular flexibility index (Phi) is 5.10. The minimum Gasteiger partial charge on any atom is -0.507 e. The summed E-state index contributed by atoms with van der Waals surface area (Å²) in [5.41, 5.74) is 2.05. The molecular weight excluding hydrogens is 402 g/mol. The fourth-order valence-electron chi connectivity index (χ4n) is 3.66. The standard InChI is InChI=1S/C24H18F2N2O3/c1-13-3-4-16(11-14(13)2)22(29)20-21(15-7-9-27-10-8-15)28(24(31)23(20)30)19-12-17(25)5-6-18(19)26/h3-12,21,29H,1-2H3/b22-20+. The molecule has 3 aromatic rings. The monoisotopic (exact) mass is 420 g/mol. The number of carbonyl (C=O) groups is 2. The molecule has 0 spiro atoms. The van der Waals surface area contributed by atoms with Gasteiger partial charge in [0.2, 0.25) is 0 Å². The number of aryl methyl sites for hydroxylation is 2. The maximum absolute atomic E-state index is 14.6. The van der Waals surface area contributed by atoms with E-state index < -0.39 is 29.4 Å². The number of rotatable bonds is 3. The SMILES string of the molecule is Cc1ccc(/C(O)=C2\C(=O)C(=O)N(c3cc(F)ccc3F)C2c2ccncc2)cc1C. The Morgan fingerprint density at radius 1 is 0.968 bits per heavy atom. The molecule has 31 heavy (non-hydrogen) atoms. The van der Waals surface area contributed by atoms with Crippen LogP contribution in [0.5, 0.6) is 0 Å². The van der Waals surface area contributed by atoms with Gasteiger partial charge in [0.05, 0.1) is 17.3 Å². The highest BCUT2D eigenvalue weighted by molar-refractivity contribution is 6.51. The predicted molar refractivity (Wildman–Crippen MR) is 111 cm³/mol. The number of aromatic nitrogens is 1. The molecule has 2 aromatic carbocycles. The van der Waals surface area contributed by atoms with Crippen molar-refractivity contribution in [2.24, 2.45) is 0 Å². The van der Waals surface area contributed by atoms with Crippen LogP contribution in [0.15, 0.2) is 66.5 Å². The lowest BCUT2D eigenvalue weighted by Crippen LogP contribution is -2.30. The van der Waals surface area contributed by atoms with Gasteiger partial charge in [-0.05, 0) is 60.9 Å². The van der Waals surface area contributed by atoms with Gasteiger partial charge in [0.25, 0.3) is 11.7 Å². The van der Waals surface area contributed by atoms with E-state index in [9.17, 15) is 23.5 Å². The van der Waals surface area contributed by atoms with Gasteiger partial charge >= 0.3 is 0 Å². The third-order valence-corrected chi connectivity index (χ3v) is 5.41. The zero-order chi connectivity index (χ0) is 22.3. The van der Waals surface area contributed by atoms with E-state index in [4.69, 9.17) is 0 Å². The van der Waals surface area contributed by atoms with Crippen molar-refractivity contribution in [2.75, 3.05) is 4.90 Å². The second-order valence-corrected chi connectivity index (χ2v) is 7.34. The third kappa shape index (κ3) is 3.48. The lowest BCUT2D eigenvalue weighted by molar-refractivity contribution is -0.132. The summed E-state index contributed by atoms with van der Waals surface area (Å²) >= 11 is 0. The van der Waals surface area contributed by atoms with E-state index in [2.05, 4.69) is 4.98 Å². The first kappa shape index (κ1) is 20.4. The molecule has 4 rings (SSSR count). The predicted octanol–water partition coefficient (Wildman–Crippen LogP) is 4.60. The van der Waals surface area contributed by atoms with Crippen LogP contribution in [-0.4, -0.2) is 21.8 Å². The molecule has 2 heterocycles. The summed E-state index contributed by atoms with van der Waals surface area (Å²) in [6.45, 7) is 3.76. The molecular formula is C24H18F2N2O3. The molecule has 1 unspecified atom stereocenters. The molecule has 1 aliphatic rings. The first-order valence-corrected chi connectivity index (χ1v) is 9.53. The third-order valence-electron chi connectivity index (χ3n) is 5.41. The fraction of sp³-hybridized carbons (Fsp3) is 0.125. The average Bonchev–Trinajstić information content (AvgIpc) is 3.02. The first-order valence-electron chi connectivity index (χ1n) is 9.53. The molecule has 0 aliphatic carbocycles. The van der Waals surface area contributed by atoms with E-state index in [-0.39, 0.29) is 17.0 Å². The van der Waals surface area contributed by atoms with E-state index in [1.807, 2.05) is 13.8 Å². The van der Waals surface area contributed by atoms with Crippen LogP contribution in [0.1, 0.15) is 28.3 Å². The second-order valence-electron chi connectivity index (χ2n) is 7.34.